The number of hydrogen-bond donors (Lipinski definition) is 2. The maximum absolute atomic E-state index is 12.0. The summed E-state index contributed by atoms with van der Waals surface area (Å²) in [6.45, 7) is 0.0834. The van der Waals surface area contributed by atoms with Crippen molar-refractivity contribution in [3.05, 3.63) is 34.9 Å². The third-order valence-electron chi connectivity index (χ3n) is 2.83. The fraction of sp³-hybridized carbons (Fsp3) is 0.417. The molecule has 0 spiro atoms. The summed E-state index contributed by atoms with van der Waals surface area (Å²) in [4.78, 5) is 11.7. The molecular formula is C12H13F3N2O. The highest BCUT2D eigenvalue weighted by molar-refractivity contribution is 5.96. The van der Waals surface area contributed by atoms with Gasteiger partial charge in [0.05, 0.1) is 0 Å². The molecule has 0 saturated heterocycles. The van der Waals surface area contributed by atoms with Crippen molar-refractivity contribution in [3.8, 4) is 0 Å². The summed E-state index contributed by atoms with van der Waals surface area (Å²) in [6.07, 6.45) is -3.73. The number of carbonyl (C=O) groups is 1. The van der Waals surface area contributed by atoms with Gasteiger partial charge in [-0.1, -0.05) is 12.1 Å². The molecule has 0 fully saturated rings. The Hall–Kier alpha value is -1.56. The van der Waals surface area contributed by atoms with Crippen molar-refractivity contribution in [2.24, 2.45) is 0 Å². The fourth-order valence-electron chi connectivity index (χ4n) is 2.02. The second-order valence-corrected chi connectivity index (χ2v) is 4.17. The first-order chi connectivity index (χ1) is 8.47. The third-order valence-corrected chi connectivity index (χ3v) is 2.83. The van der Waals surface area contributed by atoms with Crippen LogP contribution in [-0.4, -0.2) is 25.2 Å². The van der Waals surface area contributed by atoms with Crippen molar-refractivity contribution in [1.82, 2.24) is 10.6 Å². The fourth-order valence-corrected chi connectivity index (χ4v) is 2.02. The van der Waals surface area contributed by atoms with Gasteiger partial charge in [-0.2, -0.15) is 13.2 Å². The topological polar surface area (TPSA) is 41.1 Å². The number of amides is 1. The van der Waals surface area contributed by atoms with Gasteiger partial charge in [0, 0.05) is 12.1 Å². The van der Waals surface area contributed by atoms with Crippen molar-refractivity contribution in [2.45, 2.75) is 19.1 Å². The van der Waals surface area contributed by atoms with E-state index in [1.54, 1.807) is 12.1 Å². The van der Waals surface area contributed by atoms with Crippen LogP contribution in [0.4, 0.5) is 13.2 Å². The Labute approximate surface area is 102 Å². The summed E-state index contributed by atoms with van der Waals surface area (Å²) in [5.41, 5.74) is 2.16. The maximum atomic E-state index is 12.0. The lowest BCUT2D eigenvalue weighted by Crippen LogP contribution is -2.35. The summed E-state index contributed by atoms with van der Waals surface area (Å²) < 4.78 is 36.1. The molecule has 0 radical (unpaired) electrons. The highest BCUT2D eigenvalue weighted by atomic mass is 19.4. The highest BCUT2D eigenvalue weighted by Gasteiger charge is 2.28. The minimum Gasteiger partial charge on any atom is -0.343 e. The molecule has 0 atom stereocenters. The van der Waals surface area contributed by atoms with E-state index in [1.807, 2.05) is 11.4 Å². The summed E-state index contributed by atoms with van der Waals surface area (Å²) >= 11 is 0. The smallest absolute Gasteiger partial charge is 0.343 e. The molecular weight excluding hydrogens is 245 g/mol. The Balaban J connectivity index is 2.15. The first-order valence-corrected chi connectivity index (χ1v) is 5.64. The number of benzene rings is 1. The zero-order chi connectivity index (χ0) is 13.2. The van der Waals surface area contributed by atoms with Gasteiger partial charge in [0.15, 0.2) is 0 Å². The molecule has 1 aliphatic rings. The lowest BCUT2D eigenvalue weighted by atomic mass is 9.95. The Bertz CT molecular complexity index is 457. The molecule has 6 heteroatoms. The van der Waals surface area contributed by atoms with Crippen LogP contribution >= 0.6 is 0 Å². The number of rotatable bonds is 2. The number of alkyl halides is 3. The number of nitrogens with one attached hydrogen (secondary N) is 2. The van der Waals surface area contributed by atoms with Crippen LogP contribution in [0.1, 0.15) is 21.5 Å². The Morgan fingerprint density at radius 3 is 2.89 bits per heavy atom. The standard InChI is InChI=1S/C12H13F3N2O/c13-12(14,15)7-17-11(18)10-3-1-2-8-6-16-5-4-9(8)10/h1-3,16H,4-7H2,(H,17,18). The first-order valence-electron chi connectivity index (χ1n) is 5.64. The van der Waals surface area contributed by atoms with Gasteiger partial charge in [-0.3, -0.25) is 4.79 Å². The van der Waals surface area contributed by atoms with Crippen LogP contribution in [0, 0.1) is 0 Å². The van der Waals surface area contributed by atoms with Gasteiger partial charge in [-0.25, -0.2) is 0 Å². The van der Waals surface area contributed by atoms with Gasteiger partial charge in [0.25, 0.3) is 5.91 Å². The Kier molecular flexibility index (Phi) is 3.56. The van der Waals surface area contributed by atoms with E-state index in [0.717, 1.165) is 17.7 Å². The molecule has 1 amide bonds. The van der Waals surface area contributed by atoms with Gasteiger partial charge in [-0.05, 0) is 30.2 Å². The summed E-state index contributed by atoms with van der Waals surface area (Å²) in [5.74, 6) is -0.661. The quantitative estimate of drug-likeness (QED) is 0.846. The van der Waals surface area contributed by atoms with Crippen LogP contribution in [0.25, 0.3) is 0 Å². The molecule has 1 aliphatic heterocycles. The number of hydrogen-bond acceptors (Lipinski definition) is 2. The minimum absolute atomic E-state index is 0.346. The Morgan fingerprint density at radius 1 is 1.39 bits per heavy atom. The molecule has 0 aliphatic carbocycles. The van der Waals surface area contributed by atoms with Gasteiger partial charge in [0.1, 0.15) is 6.54 Å². The Morgan fingerprint density at radius 2 is 2.17 bits per heavy atom. The molecule has 0 aromatic heterocycles. The first kappa shape index (κ1) is 12.9. The van der Waals surface area contributed by atoms with Crippen LogP contribution in [0.3, 0.4) is 0 Å². The predicted octanol–water partition coefficient (Wildman–Crippen LogP) is 1.62. The molecule has 0 bridgehead atoms. The largest absolute Gasteiger partial charge is 0.405 e. The summed E-state index contributed by atoms with van der Waals surface area (Å²) in [6, 6.07) is 5.13. The lowest BCUT2D eigenvalue weighted by Gasteiger charge is -2.20. The van der Waals surface area contributed by atoms with Crippen molar-refractivity contribution in [1.29, 1.82) is 0 Å². The van der Waals surface area contributed by atoms with E-state index in [1.165, 1.54) is 0 Å². The molecule has 0 unspecified atom stereocenters. The number of carbonyl (C=O) groups excluding carboxylic acids is 1. The van der Waals surface area contributed by atoms with E-state index in [9.17, 15) is 18.0 Å². The predicted molar refractivity (Wildman–Crippen MR) is 60.2 cm³/mol. The second-order valence-electron chi connectivity index (χ2n) is 4.17. The molecule has 1 aromatic rings. The van der Waals surface area contributed by atoms with Crippen molar-refractivity contribution in [2.75, 3.05) is 13.1 Å². The second kappa shape index (κ2) is 4.97. The average Bonchev–Trinajstić information content (AvgIpc) is 2.34. The zero-order valence-electron chi connectivity index (χ0n) is 9.60. The molecule has 1 aromatic carbocycles. The molecule has 18 heavy (non-hydrogen) atoms. The number of halogens is 3. The van der Waals surface area contributed by atoms with Crippen molar-refractivity contribution >= 4 is 5.91 Å². The van der Waals surface area contributed by atoms with Gasteiger partial charge >= 0.3 is 6.18 Å². The van der Waals surface area contributed by atoms with Crippen molar-refractivity contribution < 1.29 is 18.0 Å². The normalized spacial score (nSPS) is 15.1. The lowest BCUT2D eigenvalue weighted by molar-refractivity contribution is -0.123. The van der Waals surface area contributed by atoms with Crippen LogP contribution in [-0.2, 0) is 13.0 Å². The van der Waals surface area contributed by atoms with E-state index in [4.69, 9.17) is 0 Å². The van der Waals surface area contributed by atoms with E-state index in [-0.39, 0.29) is 0 Å². The number of fused-ring (bicyclic) bond motifs is 1. The van der Waals surface area contributed by atoms with Gasteiger partial charge in [0.2, 0.25) is 0 Å². The van der Waals surface area contributed by atoms with Crippen molar-refractivity contribution in [3.63, 3.8) is 0 Å². The minimum atomic E-state index is -4.38. The monoisotopic (exact) mass is 258 g/mol. The molecule has 2 N–H and O–H groups in total. The van der Waals surface area contributed by atoms with E-state index in [2.05, 4.69) is 5.32 Å². The molecule has 2 rings (SSSR count). The molecule has 3 nitrogen and oxygen atoms in total. The molecule has 1 heterocycles. The molecule has 98 valence electrons. The SMILES string of the molecule is O=C(NCC(F)(F)F)c1cccc2c1CCNC2. The van der Waals surface area contributed by atoms with Crippen LogP contribution < -0.4 is 10.6 Å². The van der Waals surface area contributed by atoms with Gasteiger partial charge < -0.3 is 10.6 Å². The van der Waals surface area contributed by atoms with E-state index < -0.39 is 18.6 Å². The maximum Gasteiger partial charge on any atom is 0.405 e. The van der Waals surface area contributed by atoms with Crippen LogP contribution in [0.2, 0.25) is 0 Å². The average molecular weight is 258 g/mol. The zero-order valence-corrected chi connectivity index (χ0v) is 9.60. The third kappa shape index (κ3) is 3.01. The van der Waals surface area contributed by atoms with Crippen LogP contribution in [0.5, 0.6) is 0 Å². The van der Waals surface area contributed by atoms with E-state index in [0.29, 0.717) is 18.5 Å². The summed E-state index contributed by atoms with van der Waals surface area (Å²) in [5, 5.41) is 5.06. The summed E-state index contributed by atoms with van der Waals surface area (Å²) in [7, 11) is 0. The van der Waals surface area contributed by atoms with Crippen LogP contribution in [0.15, 0.2) is 18.2 Å². The highest BCUT2D eigenvalue weighted by Crippen LogP contribution is 2.19. The molecule has 0 saturated carbocycles. The van der Waals surface area contributed by atoms with E-state index >= 15 is 0 Å². The van der Waals surface area contributed by atoms with Gasteiger partial charge in [-0.15, -0.1) is 0 Å².